The van der Waals surface area contributed by atoms with E-state index in [0.717, 1.165) is 6.54 Å². The van der Waals surface area contributed by atoms with E-state index in [4.69, 9.17) is 4.74 Å². The van der Waals surface area contributed by atoms with Gasteiger partial charge < -0.3 is 10.1 Å². The Morgan fingerprint density at radius 3 is 3.15 bits per heavy atom. The van der Waals surface area contributed by atoms with Gasteiger partial charge in [0.05, 0.1) is 13.2 Å². The Kier molecular flexibility index (Phi) is 5.02. The molecule has 2 rings (SSSR count). The molecular formula is C12H18F2N4O2. The summed E-state index contributed by atoms with van der Waals surface area (Å²) < 4.78 is 30.9. The van der Waals surface area contributed by atoms with E-state index in [1.54, 1.807) is 0 Å². The van der Waals surface area contributed by atoms with Gasteiger partial charge in [-0.05, 0) is 13.0 Å². The average Bonchev–Trinajstić information content (AvgIpc) is 2.90. The number of morpholine rings is 1. The fourth-order valence-electron chi connectivity index (χ4n) is 2.15. The van der Waals surface area contributed by atoms with Crippen molar-refractivity contribution >= 4 is 5.91 Å². The van der Waals surface area contributed by atoms with Gasteiger partial charge in [0.1, 0.15) is 5.69 Å². The molecule has 1 unspecified atom stereocenters. The summed E-state index contributed by atoms with van der Waals surface area (Å²) in [5.41, 5.74) is -0.130. The Morgan fingerprint density at radius 2 is 2.45 bits per heavy atom. The lowest BCUT2D eigenvalue weighted by molar-refractivity contribution is 0.000481. The summed E-state index contributed by atoms with van der Waals surface area (Å²) >= 11 is 0. The minimum atomic E-state index is -2.81. The van der Waals surface area contributed by atoms with Gasteiger partial charge in [-0.3, -0.25) is 9.69 Å². The van der Waals surface area contributed by atoms with Gasteiger partial charge in [0.2, 0.25) is 0 Å². The van der Waals surface area contributed by atoms with Crippen molar-refractivity contribution in [1.29, 1.82) is 0 Å². The zero-order valence-electron chi connectivity index (χ0n) is 11.3. The van der Waals surface area contributed by atoms with Crippen molar-refractivity contribution < 1.29 is 18.3 Å². The molecule has 2 heterocycles. The lowest BCUT2D eigenvalue weighted by atomic mass is 10.2. The Balaban J connectivity index is 1.81. The van der Waals surface area contributed by atoms with Gasteiger partial charge in [0, 0.05) is 31.9 Å². The van der Waals surface area contributed by atoms with Crippen LogP contribution in [0, 0.1) is 0 Å². The predicted molar refractivity (Wildman–Crippen MR) is 67.7 cm³/mol. The number of hydrogen-bond acceptors (Lipinski definition) is 4. The summed E-state index contributed by atoms with van der Waals surface area (Å²) in [5.74, 6) is -0.538. The van der Waals surface area contributed by atoms with Crippen LogP contribution in [0.25, 0.3) is 0 Å². The SMILES string of the molecule is CC1COCCN1CCNC(=O)c1ccnn1C(F)F. The second kappa shape index (κ2) is 6.76. The van der Waals surface area contributed by atoms with E-state index in [-0.39, 0.29) is 5.69 Å². The molecule has 1 aliphatic heterocycles. The lowest BCUT2D eigenvalue weighted by Gasteiger charge is -2.33. The summed E-state index contributed by atoms with van der Waals surface area (Å²) in [6.07, 6.45) is 1.19. The molecule has 0 saturated carbocycles. The molecule has 6 nitrogen and oxygen atoms in total. The number of carbonyl (C=O) groups is 1. The van der Waals surface area contributed by atoms with Gasteiger partial charge in [-0.25, -0.2) is 0 Å². The Labute approximate surface area is 115 Å². The maximum Gasteiger partial charge on any atom is 0.333 e. The molecule has 1 aromatic heterocycles. The molecule has 0 aliphatic carbocycles. The molecule has 0 spiro atoms. The van der Waals surface area contributed by atoms with Gasteiger partial charge in [-0.2, -0.15) is 18.6 Å². The Hall–Kier alpha value is -1.54. The number of rotatable bonds is 5. The first-order chi connectivity index (χ1) is 9.59. The van der Waals surface area contributed by atoms with Crippen LogP contribution in [0.4, 0.5) is 8.78 Å². The summed E-state index contributed by atoms with van der Waals surface area (Å²) in [7, 11) is 0. The third kappa shape index (κ3) is 3.51. The quantitative estimate of drug-likeness (QED) is 0.867. The van der Waals surface area contributed by atoms with Crippen LogP contribution in [0.5, 0.6) is 0 Å². The van der Waals surface area contributed by atoms with Crippen LogP contribution in [0.1, 0.15) is 24.0 Å². The molecule has 1 saturated heterocycles. The second-order valence-corrected chi connectivity index (χ2v) is 4.65. The highest BCUT2D eigenvalue weighted by atomic mass is 19.3. The summed E-state index contributed by atoms with van der Waals surface area (Å²) in [4.78, 5) is 14.0. The van der Waals surface area contributed by atoms with Crippen LogP contribution in [0.3, 0.4) is 0 Å². The molecule has 1 aromatic rings. The average molecular weight is 288 g/mol. The topological polar surface area (TPSA) is 59.4 Å². The monoisotopic (exact) mass is 288 g/mol. The smallest absolute Gasteiger partial charge is 0.333 e. The highest BCUT2D eigenvalue weighted by Gasteiger charge is 2.20. The van der Waals surface area contributed by atoms with Crippen LogP contribution in [0.15, 0.2) is 12.3 Å². The van der Waals surface area contributed by atoms with E-state index in [1.165, 1.54) is 12.3 Å². The van der Waals surface area contributed by atoms with Crippen LogP contribution in [-0.2, 0) is 4.74 Å². The van der Waals surface area contributed by atoms with Crippen LogP contribution in [-0.4, -0.2) is 59.5 Å². The number of nitrogens with zero attached hydrogens (tertiary/aromatic N) is 3. The summed E-state index contributed by atoms with van der Waals surface area (Å²) in [5, 5.41) is 6.06. The number of nitrogens with one attached hydrogen (secondary N) is 1. The first-order valence-electron chi connectivity index (χ1n) is 6.51. The predicted octanol–water partition coefficient (Wildman–Crippen LogP) is 0.729. The first kappa shape index (κ1) is 14.9. The van der Waals surface area contributed by atoms with Crippen molar-refractivity contribution in [3.05, 3.63) is 18.0 Å². The standard InChI is InChI=1S/C12H18F2N4O2/c1-9-8-20-7-6-17(9)5-4-15-11(19)10-2-3-16-18(10)12(13)14/h2-3,9,12H,4-8H2,1H3,(H,15,19). The van der Waals surface area contributed by atoms with Crippen molar-refractivity contribution in [2.75, 3.05) is 32.8 Å². The Morgan fingerprint density at radius 1 is 1.65 bits per heavy atom. The minimum Gasteiger partial charge on any atom is -0.379 e. The van der Waals surface area contributed by atoms with Gasteiger partial charge >= 0.3 is 6.55 Å². The summed E-state index contributed by atoms with van der Waals surface area (Å²) in [6, 6.07) is 1.58. The maximum absolute atomic E-state index is 12.6. The molecule has 20 heavy (non-hydrogen) atoms. The van der Waals surface area contributed by atoms with Crippen LogP contribution >= 0.6 is 0 Å². The molecular weight excluding hydrogens is 270 g/mol. The van der Waals surface area contributed by atoms with Crippen LogP contribution in [0.2, 0.25) is 0 Å². The molecule has 1 atom stereocenters. The third-order valence-electron chi connectivity index (χ3n) is 3.28. The van der Waals surface area contributed by atoms with Crippen LogP contribution < -0.4 is 5.32 Å². The second-order valence-electron chi connectivity index (χ2n) is 4.65. The largest absolute Gasteiger partial charge is 0.379 e. The first-order valence-corrected chi connectivity index (χ1v) is 6.51. The Bertz CT molecular complexity index is 452. The molecule has 0 radical (unpaired) electrons. The fourth-order valence-corrected chi connectivity index (χ4v) is 2.15. The van der Waals surface area contributed by atoms with E-state index in [9.17, 15) is 13.6 Å². The van der Waals surface area contributed by atoms with Crippen molar-refractivity contribution in [2.45, 2.75) is 19.5 Å². The van der Waals surface area contributed by atoms with Crippen molar-refractivity contribution in [2.24, 2.45) is 0 Å². The number of aromatic nitrogens is 2. The highest BCUT2D eigenvalue weighted by molar-refractivity contribution is 5.92. The molecule has 0 bridgehead atoms. The van der Waals surface area contributed by atoms with E-state index >= 15 is 0 Å². The van der Waals surface area contributed by atoms with Crippen molar-refractivity contribution in [1.82, 2.24) is 20.0 Å². The lowest BCUT2D eigenvalue weighted by Crippen LogP contribution is -2.46. The highest BCUT2D eigenvalue weighted by Crippen LogP contribution is 2.11. The molecule has 0 aromatic carbocycles. The maximum atomic E-state index is 12.6. The number of ether oxygens (including phenoxy) is 1. The van der Waals surface area contributed by atoms with E-state index in [0.29, 0.717) is 37.0 Å². The molecule has 1 N–H and O–H groups in total. The molecule has 1 fully saturated rings. The van der Waals surface area contributed by atoms with E-state index < -0.39 is 12.5 Å². The van der Waals surface area contributed by atoms with E-state index in [1.807, 2.05) is 6.92 Å². The minimum absolute atomic E-state index is 0.130. The molecule has 1 aliphatic rings. The number of carbonyl (C=O) groups excluding carboxylic acids is 1. The molecule has 1 amide bonds. The molecule has 112 valence electrons. The number of amides is 1. The van der Waals surface area contributed by atoms with Crippen molar-refractivity contribution in [3.8, 4) is 0 Å². The summed E-state index contributed by atoms with van der Waals surface area (Å²) in [6.45, 7) is 2.46. The molecule has 8 heteroatoms. The third-order valence-corrected chi connectivity index (χ3v) is 3.28. The normalized spacial score (nSPS) is 20.3. The van der Waals surface area contributed by atoms with Gasteiger partial charge in [-0.1, -0.05) is 0 Å². The zero-order chi connectivity index (χ0) is 14.5. The number of hydrogen-bond donors (Lipinski definition) is 1. The van der Waals surface area contributed by atoms with Crippen molar-refractivity contribution in [3.63, 3.8) is 0 Å². The fraction of sp³-hybridized carbons (Fsp3) is 0.667. The number of alkyl halides is 2. The zero-order valence-corrected chi connectivity index (χ0v) is 11.3. The van der Waals surface area contributed by atoms with Gasteiger partial charge in [-0.15, -0.1) is 0 Å². The van der Waals surface area contributed by atoms with E-state index in [2.05, 4.69) is 15.3 Å². The van der Waals surface area contributed by atoms with Gasteiger partial charge in [0.25, 0.3) is 5.91 Å². The number of halogens is 2. The van der Waals surface area contributed by atoms with Gasteiger partial charge in [0.15, 0.2) is 0 Å².